The van der Waals surface area contributed by atoms with E-state index in [9.17, 15) is 4.79 Å². The van der Waals surface area contributed by atoms with Gasteiger partial charge in [0.05, 0.1) is 6.20 Å². The Hall–Kier alpha value is -1.52. The summed E-state index contributed by atoms with van der Waals surface area (Å²) in [6.45, 7) is 2.03. The molecule has 0 atom stereocenters. The second-order valence-corrected chi connectivity index (χ2v) is 3.61. The summed E-state index contributed by atoms with van der Waals surface area (Å²) in [5.74, 6) is 0.613. The van der Waals surface area contributed by atoms with Gasteiger partial charge in [-0.2, -0.15) is 5.10 Å². The fourth-order valence-electron chi connectivity index (χ4n) is 1.07. The molecule has 1 aliphatic carbocycles. The summed E-state index contributed by atoms with van der Waals surface area (Å²) in [4.78, 5) is 11.3. The second kappa shape index (κ2) is 2.76. The molecule has 1 aliphatic rings. The van der Waals surface area contributed by atoms with Crippen molar-refractivity contribution in [3.63, 3.8) is 0 Å². The van der Waals surface area contributed by atoms with Gasteiger partial charge < -0.3 is 5.32 Å². The van der Waals surface area contributed by atoms with E-state index in [4.69, 9.17) is 0 Å². The van der Waals surface area contributed by atoms with Crippen LogP contribution in [0.1, 0.15) is 19.8 Å². The Kier molecular flexibility index (Phi) is 1.72. The number of nitrogens with one attached hydrogen (secondary N) is 3. The number of carbonyl (C=O) groups excluding carboxylic acids is 1. The van der Waals surface area contributed by atoms with Gasteiger partial charge in [-0.3, -0.25) is 10.4 Å². The van der Waals surface area contributed by atoms with Crippen molar-refractivity contribution in [1.29, 1.82) is 0 Å². The van der Waals surface area contributed by atoms with E-state index in [1.807, 2.05) is 6.92 Å². The molecule has 5 heteroatoms. The van der Waals surface area contributed by atoms with Crippen molar-refractivity contribution in [2.45, 2.75) is 25.3 Å². The molecular formula is C8H12N4O. The quantitative estimate of drug-likeness (QED) is 0.637. The van der Waals surface area contributed by atoms with E-state index in [2.05, 4.69) is 20.8 Å². The standard InChI is InChI=1S/C8H12N4O/c1-8(3-4-8)11-7(13)10-6-2-5-9-12-6/h2,5H,3-4H2,1H3,(H3,9,10,11,12,13). The van der Waals surface area contributed by atoms with Gasteiger partial charge in [0.1, 0.15) is 5.82 Å². The lowest BCUT2D eigenvalue weighted by atomic mass is 10.3. The first-order valence-corrected chi connectivity index (χ1v) is 4.27. The van der Waals surface area contributed by atoms with Crippen LogP contribution in [0.2, 0.25) is 0 Å². The molecule has 1 aromatic rings. The topological polar surface area (TPSA) is 69.8 Å². The maximum absolute atomic E-state index is 11.3. The minimum atomic E-state index is -0.177. The molecule has 0 aromatic carbocycles. The molecular weight excluding hydrogens is 168 g/mol. The van der Waals surface area contributed by atoms with Crippen LogP contribution in [-0.4, -0.2) is 21.8 Å². The minimum absolute atomic E-state index is 0.0180. The van der Waals surface area contributed by atoms with Gasteiger partial charge in [-0.15, -0.1) is 0 Å². The van der Waals surface area contributed by atoms with Gasteiger partial charge in [-0.1, -0.05) is 0 Å². The lowest BCUT2D eigenvalue weighted by Gasteiger charge is -2.11. The molecule has 0 unspecified atom stereocenters. The first-order chi connectivity index (χ1) is 6.18. The molecule has 2 rings (SSSR count). The van der Waals surface area contributed by atoms with E-state index in [1.54, 1.807) is 12.3 Å². The summed E-state index contributed by atoms with van der Waals surface area (Å²) in [6, 6.07) is 1.53. The van der Waals surface area contributed by atoms with Gasteiger partial charge >= 0.3 is 6.03 Å². The van der Waals surface area contributed by atoms with Crippen LogP contribution >= 0.6 is 0 Å². The number of H-pyrrole nitrogens is 1. The second-order valence-electron chi connectivity index (χ2n) is 3.61. The molecule has 0 saturated heterocycles. The van der Waals surface area contributed by atoms with Crippen molar-refractivity contribution in [2.24, 2.45) is 0 Å². The zero-order chi connectivity index (χ0) is 9.31. The van der Waals surface area contributed by atoms with Crippen LogP contribution in [0.3, 0.4) is 0 Å². The third kappa shape index (κ3) is 1.99. The van der Waals surface area contributed by atoms with Crippen LogP contribution in [0.15, 0.2) is 12.3 Å². The van der Waals surface area contributed by atoms with Gasteiger partial charge in [0.25, 0.3) is 0 Å². The van der Waals surface area contributed by atoms with Crippen LogP contribution in [0.25, 0.3) is 0 Å². The number of urea groups is 1. The third-order valence-electron chi connectivity index (χ3n) is 2.16. The van der Waals surface area contributed by atoms with E-state index in [0.29, 0.717) is 5.82 Å². The number of aromatic nitrogens is 2. The minimum Gasteiger partial charge on any atom is -0.333 e. The highest BCUT2D eigenvalue weighted by Gasteiger charge is 2.38. The van der Waals surface area contributed by atoms with Crippen LogP contribution in [0.5, 0.6) is 0 Å². The Morgan fingerprint density at radius 2 is 2.46 bits per heavy atom. The third-order valence-corrected chi connectivity index (χ3v) is 2.16. The zero-order valence-corrected chi connectivity index (χ0v) is 7.42. The van der Waals surface area contributed by atoms with Crippen molar-refractivity contribution >= 4 is 11.8 Å². The summed E-state index contributed by atoms with van der Waals surface area (Å²) in [5.41, 5.74) is 0.0180. The zero-order valence-electron chi connectivity index (χ0n) is 7.42. The van der Waals surface area contributed by atoms with Gasteiger partial charge in [-0.25, -0.2) is 4.79 Å². The number of hydrogen-bond donors (Lipinski definition) is 3. The summed E-state index contributed by atoms with van der Waals surface area (Å²) in [7, 11) is 0. The van der Waals surface area contributed by atoms with Crippen LogP contribution < -0.4 is 10.6 Å². The monoisotopic (exact) mass is 180 g/mol. The number of carbonyl (C=O) groups is 1. The average molecular weight is 180 g/mol. The summed E-state index contributed by atoms with van der Waals surface area (Å²) >= 11 is 0. The molecule has 0 bridgehead atoms. The molecule has 1 aromatic heterocycles. The highest BCUT2D eigenvalue weighted by Crippen LogP contribution is 2.34. The van der Waals surface area contributed by atoms with E-state index in [1.165, 1.54) is 0 Å². The lowest BCUT2D eigenvalue weighted by Crippen LogP contribution is -2.37. The maximum atomic E-state index is 11.3. The van der Waals surface area contributed by atoms with Crippen LogP contribution in [-0.2, 0) is 0 Å². The highest BCUT2D eigenvalue weighted by molar-refractivity contribution is 5.88. The fourth-order valence-corrected chi connectivity index (χ4v) is 1.07. The number of aromatic amines is 1. The molecule has 0 spiro atoms. The molecule has 0 aliphatic heterocycles. The van der Waals surface area contributed by atoms with Crippen molar-refractivity contribution in [1.82, 2.24) is 15.5 Å². The van der Waals surface area contributed by atoms with Gasteiger partial charge in [-0.05, 0) is 19.8 Å². The Labute approximate surface area is 75.9 Å². The fraction of sp³-hybridized carbons (Fsp3) is 0.500. The molecule has 1 heterocycles. The van der Waals surface area contributed by atoms with Crippen LogP contribution in [0, 0.1) is 0 Å². The average Bonchev–Trinajstić information content (AvgIpc) is 2.61. The Balaban J connectivity index is 1.85. The number of amides is 2. The lowest BCUT2D eigenvalue weighted by molar-refractivity contribution is 0.248. The molecule has 2 amide bonds. The summed E-state index contributed by atoms with van der Waals surface area (Å²) in [6.07, 6.45) is 3.71. The molecule has 1 saturated carbocycles. The molecule has 1 fully saturated rings. The SMILES string of the molecule is CC1(NC(=O)Nc2ccn[nH]2)CC1. The number of rotatable bonds is 2. The summed E-state index contributed by atoms with van der Waals surface area (Å²) in [5, 5.41) is 11.9. The van der Waals surface area contributed by atoms with E-state index >= 15 is 0 Å². The highest BCUT2D eigenvalue weighted by atomic mass is 16.2. The Bertz CT molecular complexity index is 302. The first kappa shape index (κ1) is 8.10. The van der Waals surface area contributed by atoms with Crippen molar-refractivity contribution in [2.75, 3.05) is 5.32 Å². The smallest absolute Gasteiger partial charge is 0.320 e. The Morgan fingerprint density at radius 3 is 3.00 bits per heavy atom. The van der Waals surface area contributed by atoms with Crippen molar-refractivity contribution < 1.29 is 4.79 Å². The number of hydrogen-bond acceptors (Lipinski definition) is 2. The predicted octanol–water partition coefficient (Wildman–Crippen LogP) is 1.08. The first-order valence-electron chi connectivity index (χ1n) is 4.27. The van der Waals surface area contributed by atoms with E-state index < -0.39 is 0 Å². The predicted molar refractivity (Wildman–Crippen MR) is 48.4 cm³/mol. The van der Waals surface area contributed by atoms with E-state index in [-0.39, 0.29) is 11.6 Å². The van der Waals surface area contributed by atoms with Gasteiger partial charge in [0.2, 0.25) is 0 Å². The van der Waals surface area contributed by atoms with Gasteiger partial charge in [0, 0.05) is 11.6 Å². The molecule has 0 radical (unpaired) electrons. The maximum Gasteiger partial charge on any atom is 0.320 e. The molecule has 3 N–H and O–H groups in total. The molecule has 70 valence electrons. The number of anilines is 1. The van der Waals surface area contributed by atoms with Crippen molar-refractivity contribution in [3.05, 3.63) is 12.3 Å². The van der Waals surface area contributed by atoms with E-state index in [0.717, 1.165) is 12.8 Å². The molecule has 13 heavy (non-hydrogen) atoms. The van der Waals surface area contributed by atoms with Crippen molar-refractivity contribution in [3.8, 4) is 0 Å². The normalized spacial score (nSPS) is 17.9. The Morgan fingerprint density at radius 1 is 1.69 bits per heavy atom. The van der Waals surface area contributed by atoms with Gasteiger partial charge in [0.15, 0.2) is 0 Å². The number of nitrogens with zero attached hydrogens (tertiary/aromatic N) is 1. The molecule has 5 nitrogen and oxygen atoms in total. The van der Waals surface area contributed by atoms with Crippen LogP contribution in [0.4, 0.5) is 10.6 Å². The summed E-state index contributed by atoms with van der Waals surface area (Å²) < 4.78 is 0. The largest absolute Gasteiger partial charge is 0.333 e.